The minimum absolute atomic E-state index is 0.0260. The van der Waals surface area contributed by atoms with Gasteiger partial charge < -0.3 is 10.2 Å². The van der Waals surface area contributed by atoms with E-state index < -0.39 is 22.1 Å². The van der Waals surface area contributed by atoms with E-state index in [-0.39, 0.29) is 22.3 Å². The summed E-state index contributed by atoms with van der Waals surface area (Å²) in [6, 6.07) is 5.23. The van der Waals surface area contributed by atoms with Crippen molar-refractivity contribution in [2.45, 2.75) is 23.8 Å². The van der Waals surface area contributed by atoms with Gasteiger partial charge in [-0.05, 0) is 43.0 Å². The van der Waals surface area contributed by atoms with Crippen LogP contribution in [0.5, 0.6) is 0 Å². The lowest BCUT2D eigenvalue weighted by Crippen LogP contribution is -2.31. The second-order valence-corrected chi connectivity index (χ2v) is 7.66. The zero-order valence-corrected chi connectivity index (χ0v) is 12.2. The van der Waals surface area contributed by atoms with Crippen LogP contribution in [0.4, 0.5) is 0 Å². The molecule has 1 saturated carbocycles. The predicted molar refractivity (Wildman–Crippen MR) is 74.4 cm³/mol. The molecule has 0 radical (unpaired) electrons. The smallest absolute Gasteiger partial charge is 0.335 e. The molecule has 3 rings (SSSR count). The molecule has 3 unspecified atom stereocenters. The van der Waals surface area contributed by atoms with E-state index in [0.29, 0.717) is 13.1 Å². The molecular formula is C14H17NO5S. The summed E-state index contributed by atoms with van der Waals surface area (Å²) in [6.07, 6.45) is 1.19. The fraction of sp³-hybridized carbons (Fsp3) is 0.500. The molecule has 1 aromatic carbocycles. The van der Waals surface area contributed by atoms with Gasteiger partial charge in [0.25, 0.3) is 0 Å². The van der Waals surface area contributed by atoms with E-state index >= 15 is 0 Å². The zero-order chi connectivity index (χ0) is 15.2. The molecular weight excluding hydrogens is 294 g/mol. The highest BCUT2D eigenvalue weighted by Gasteiger charge is 2.45. The van der Waals surface area contributed by atoms with E-state index in [9.17, 15) is 18.3 Å². The van der Waals surface area contributed by atoms with Gasteiger partial charge >= 0.3 is 5.97 Å². The van der Waals surface area contributed by atoms with E-state index in [1.807, 2.05) is 0 Å². The third-order valence-electron chi connectivity index (χ3n) is 4.52. The molecule has 1 aliphatic carbocycles. The first-order valence-corrected chi connectivity index (χ1v) is 8.35. The molecule has 0 bridgehead atoms. The lowest BCUT2D eigenvalue weighted by Gasteiger charge is -2.18. The standard InChI is InChI=1S/C14H17NO5S/c16-13-6-3-10-7-15(8-12(10)13)21(19,20)11-4-1-9(2-5-11)14(17)18/h1-2,4-5,10,12-13,16H,3,6-8H2,(H,17,18). The Morgan fingerprint density at radius 1 is 1.14 bits per heavy atom. The normalized spacial score (nSPS) is 29.5. The van der Waals surface area contributed by atoms with Gasteiger partial charge in [-0.25, -0.2) is 13.2 Å². The number of hydrogen-bond donors (Lipinski definition) is 2. The molecule has 2 N–H and O–H groups in total. The van der Waals surface area contributed by atoms with Crippen LogP contribution in [0.3, 0.4) is 0 Å². The summed E-state index contributed by atoms with van der Waals surface area (Å²) >= 11 is 0. The van der Waals surface area contributed by atoms with Crippen molar-refractivity contribution in [3.8, 4) is 0 Å². The van der Waals surface area contributed by atoms with Crippen molar-refractivity contribution < 1.29 is 23.4 Å². The van der Waals surface area contributed by atoms with Crippen LogP contribution in [0.25, 0.3) is 0 Å². The fourth-order valence-electron chi connectivity index (χ4n) is 3.31. The van der Waals surface area contributed by atoms with Gasteiger partial charge in [-0.15, -0.1) is 0 Å². The molecule has 0 aromatic heterocycles. The van der Waals surface area contributed by atoms with Gasteiger partial charge in [0.15, 0.2) is 0 Å². The van der Waals surface area contributed by atoms with Crippen LogP contribution in [-0.2, 0) is 10.0 Å². The number of carboxylic acids is 1. The Hall–Kier alpha value is -1.44. The first-order valence-electron chi connectivity index (χ1n) is 6.91. The summed E-state index contributed by atoms with van der Waals surface area (Å²) in [5.41, 5.74) is 0.0580. The van der Waals surface area contributed by atoms with E-state index in [0.717, 1.165) is 12.8 Å². The number of aromatic carboxylic acids is 1. The SMILES string of the molecule is O=C(O)c1ccc(S(=O)(=O)N2CC3CCC(O)C3C2)cc1. The van der Waals surface area contributed by atoms with Crippen molar-refractivity contribution in [1.82, 2.24) is 4.31 Å². The number of rotatable bonds is 3. The lowest BCUT2D eigenvalue weighted by atomic mass is 10.00. The monoisotopic (exact) mass is 311 g/mol. The molecule has 3 atom stereocenters. The number of nitrogens with zero attached hydrogens (tertiary/aromatic N) is 1. The Bertz CT molecular complexity index is 654. The van der Waals surface area contributed by atoms with Crippen molar-refractivity contribution in [2.24, 2.45) is 11.8 Å². The van der Waals surface area contributed by atoms with Gasteiger partial charge in [0.05, 0.1) is 16.6 Å². The molecule has 1 heterocycles. The Balaban J connectivity index is 1.83. The number of fused-ring (bicyclic) bond motifs is 1. The van der Waals surface area contributed by atoms with Crippen LogP contribution in [0, 0.1) is 11.8 Å². The van der Waals surface area contributed by atoms with Crippen molar-refractivity contribution in [2.75, 3.05) is 13.1 Å². The second-order valence-electron chi connectivity index (χ2n) is 5.72. The van der Waals surface area contributed by atoms with E-state index in [1.165, 1.54) is 28.6 Å². The predicted octanol–water partition coefficient (Wildman–Crippen LogP) is 0.776. The minimum atomic E-state index is -3.62. The zero-order valence-electron chi connectivity index (χ0n) is 11.3. The van der Waals surface area contributed by atoms with Crippen molar-refractivity contribution >= 4 is 16.0 Å². The van der Waals surface area contributed by atoms with Crippen molar-refractivity contribution in [3.05, 3.63) is 29.8 Å². The number of aliphatic hydroxyl groups is 1. The van der Waals surface area contributed by atoms with Gasteiger partial charge in [0, 0.05) is 19.0 Å². The summed E-state index contributed by atoms with van der Waals surface area (Å²) < 4.78 is 26.5. The maximum atomic E-state index is 12.6. The molecule has 6 nitrogen and oxygen atoms in total. The molecule has 7 heteroatoms. The first-order chi connectivity index (χ1) is 9.89. The molecule has 1 aromatic rings. The second kappa shape index (κ2) is 5.08. The number of sulfonamides is 1. The number of carbonyl (C=O) groups is 1. The Morgan fingerprint density at radius 3 is 2.38 bits per heavy atom. The van der Waals surface area contributed by atoms with Crippen molar-refractivity contribution in [3.63, 3.8) is 0 Å². The Kier molecular flexibility index (Phi) is 3.51. The molecule has 0 amide bonds. The number of carboxylic acid groups (broad SMARTS) is 1. The van der Waals surface area contributed by atoms with E-state index in [1.54, 1.807) is 0 Å². The van der Waals surface area contributed by atoms with E-state index in [2.05, 4.69) is 0 Å². The highest BCUT2D eigenvalue weighted by Crippen LogP contribution is 2.40. The van der Waals surface area contributed by atoms with Gasteiger partial charge in [0.2, 0.25) is 10.0 Å². The Labute approximate surface area is 123 Å². The summed E-state index contributed by atoms with van der Waals surface area (Å²) in [6.45, 7) is 0.777. The van der Waals surface area contributed by atoms with Crippen LogP contribution in [-0.4, -0.2) is 48.1 Å². The van der Waals surface area contributed by atoms with Gasteiger partial charge in [-0.1, -0.05) is 0 Å². The van der Waals surface area contributed by atoms with E-state index in [4.69, 9.17) is 5.11 Å². The van der Waals surface area contributed by atoms with Crippen LogP contribution < -0.4 is 0 Å². The van der Waals surface area contributed by atoms with Crippen LogP contribution in [0.15, 0.2) is 29.2 Å². The molecule has 21 heavy (non-hydrogen) atoms. The van der Waals surface area contributed by atoms with Gasteiger partial charge in [-0.2, -0.15) is 4.31 Å². The average molecular weight is 311 g/mol. The number of aliphatic hydroxyl groups excluding tert-OH is 1. The number of benzene rings is 1. The van der Waals surface area contributed by atoms with Crippen molar-refractivity contribution in [1.29, 1.82) is 0 Å². The molecule has 2 aliphatic rings. The van der Waals surface area contributed by atoms with Crippen LogP contribution in [0.2, 0.25) is 0 Å². The molecule has 1 aliphatic heterocycles. The summed E-state index contributed by atoms with van der Waals surface area (Å²) in [5.74, 6) is -0.830. The number of hydrogen-bond acceptors (Lipinski definition) is 4. The third-order valence-corrected chi connectivity index (χ3v) is 6.37. The van der Waals surface area contributed by atoms with Crippen LogP contribution in [0.1, 0.15) is 23.2 Å². The molecule has 114 valence electrons. The highest BCUT2D eigenvalue weighted by molar-refractivity contribution is 7.89. The third kappa shape index (κ3) is 2.45. The van der Waals surface area contributed by atoms with Gasteiger partial charge in [-0.3, -0.25) is 0 Å². The van der Waals surface area contributed by atoms with Crippen LogP contribution >= 0.6 is 0 Å². The molecule has 0 spiro atoms. The fourth-order valence-corrected chi connectivity index (χ4v) is 4.84. The quantitative estimate of drug-likeness (QED) is 0.860. The largest absolute Gasteiger partial charge is 0.478 e. The minimum Gasteiger partial charge on any atom is -0.478 e. The lowest BCUT2D eigenvalue weighted by molar-refractivity contribution is 0.0696. The first kappa shape index (κ1) is 14.5. The summed E-state index contributed by atoms with van der Waals surface area (Å²) in [5, 5.41) is 18.7. The molecule has 2 fully saturated rings. The average Bonchev–Trinajstić information content (AvgIpc) is 3.02. The maximum absolute atomic E-state index is 12.6. The Morgan fingerprint density at radius 2 is 1.81 bits per heavy atom. The topological polar surface area (TPSA) is 94.9 Å². The summed E-state index contributed by atoms with van der Waals surface area (Å²) in [7, 11) is -3.62. The maximum Gasteiger partial charge on any atom is 0.335 e. The highest BCUT2D eigenvalue weighted by atomic mass is 32.2. The molecule has 1 saturated heterocycles. The van der Waals surface area contributed by atoms with Gasteiger partial charge in [0.1, 0.15) is 0 Å². The summed E-state index contributed by atoms with van der Waals surface area (Å²) in [4.78, 5) is 10.9.